The Labute approximate surface area is 188 Å². The largest absolute Gasteiger partial charge is 0.508 e. The predicted molar refractivity (Wildman–Crippen MR) is 126 cm³/mol. The number of methoxy groups -OCH3 is 1. The van der Waals surface area contributed by atoms with E-state index in [1.165, 1.54) is 0 Å². The first-order valence-corrected chi connectivity index (χ1v) is 10.6. The van der Waals surface area contributed by atoms with E-state index in [0.717, 1.165) is 33.7 Å². The molecule has 0 atom stereocenters. The van der Waals surface area contributed by atoms with E-state index in [4.69, 9.17) is 9.73 Å². The van der Waals surface area contributed by atoms with Crippen molar-refractivity contribution in [3.8, 4) is 11.5 Å². The van der Waals surface area contributed by atoms with E-state index in [1.54, 1.807) is 25.3 Å². The molecule has 1 aliphatic heterocycles. The number of benzene rings is 3. The predicted octanol–water partition coefficient (Wildman–Crippen LogP) is 4.98. The highest BCUT2D eigenvalue weighted by atomic mass is 16.5. The molecule has 32 heavy (non-hydrogen) atoms. The van der Waals surface area contributed by atoms with Crippen molar-refractivity contribution in [3.05, 3.63) is 106 Å². The molecular formula is C27H26N2O3. The Hall–Kier alpha value is -3.86. The summed E-state index contributed by atoms with van der Waals surface area (Å²) < 4.78 is 5.25. The molecule has 5 nitrogen and oxygen atoms in total. The zero-order valence-corrected chi connectivity index (χ0v) is 18.3. The smallest absolute Gasteiger partial charge is 0.256 e. The molecule has 162 valence electrons. The minimum atomic E-state index is -0.151. The molecule has 0 aromatic heterocycles. The molecule has 0 radical (unpaired) electrons. The van der Waals surface area contributed by atoms with Gasteiger partial charge in [-0.3, -0.25) is 4.79 Å². The fraction of sp³-hybridized carbons (Fsp3) is 0.185. The molecule has 1 aliphatic rings. The summed E-state index contributed by atoms with van der Waals surface area (Å²) >= 11 is 0. The zero-order chi connectivity index (χ0) is 22.5. The molecule has 0 bridgehead atoms. The second kappa shape index (κ2) is 9.52. The van der Waals surface area contributed by atoms with E-state index >= 15 is 0 Å². The maximum Gasteiger partial charge on any atom is 0.256 e. The summed E-state index contributed by atoms with van der Waals surface area (Å²) in [6, 6.07) is 22.7. The van der Waals surface area contributed by atoms with Crippen molar-refractivity contribution in [1.82, 2.24) is 5.32 Å². The van der Waals surface area contributed by atoms with Crippen LogP contribution in [0.4, 0.5) is 0 Å². The van der Waals surface area contributed by atoms with Crippen molar-refractivity contribution >= 4 is 11.7 Å². The number of aliphatic imine (C=N–C) groups is 1. The van der Waals surface area contributed by atoms with Crippen LogP contribution in [-0.2, 0) is 12.8 Å². The number of hydrogen-bond acceptors (Lipinski definition) is 4. The zero-order valence-electron chi connectivity index (χ0n) is 18.3. The van der Waals surface area contributed by atoms with Crippen LogP contribution in [0.15, 0.2) is 89.1 Å². The number of phenolic OH excluding ortho intramolecular Hbond substituents is 1. The number of aromatic hydroxyl groups is 1. The number of rotatable bonds is 6. The normalized spacial score (nSPS) is 13.1. The number of allylic oxidation sites excluding steroid dienone is 1. The van der Waals surface area contributed by atoms with Gasteiger partial charge in [-0.2, -0.15) is 0 Å². The lowest BCUT2D eigenvalue weighted by molar-refractivity contribution is 0.0976. The van der Waals surface area contributed by atoms with E-state index in [-0.39, 0.29) is 11.7 Å². The van der Waals surface area contributed by atoms with Gasteiger partial charge < -0.3 is 15.2 Å². The second-order valence-corrected chi connectivity index (χ2v) is 7.98. The molecule has 1 amide bonds. The first-order chi connectivity index (χ1) is 15.5. The highest BCUT2D eigenvalue weighted by molar-refractivity contribution is 6.08. The highest BCUT2D eigenvalue weighted by Gasteiger charge is 2.21. The van der Waals surface area contributed by atoms with Gasteiger partial charge in [0.2, 0.25) is 0 Å². The number of amides is 1. The van der Waals surface area contributed by atoms with Crippen molar-refractivity contribution < 1.29 is 14.6 Å². The quantitative estimate of drug-likeness (QED) is 0.584. The second-order valence-electron chi connectivity index (χ2n) is 7.98. The van der Waals surface area contributed by atoms with Crippen molar-refractivity contribution in [2.75, 3.05) is 7.11 Å². The number of carbonyl (C=O) groups excluding carboxylic acids is 1. The Balaban J connectivity index is 1.55. The summed E-state index contributed by atoms with van der Waals surface area (Å²) in [5.74, 6) is 1.57. The maximum absolute atomic E-state index is 12.7. The molecule has 5 heteroatoms. The molecule has 0 aliphatic carbocycles. The van der Waals surface area contributed by atoms with Gasteiger partial charge >= 0.3 is 0 Å². The Bertz CT molecular complexity index is 1180. The van der Waals surface area contributed by atoms with Gasteiger partial charge in [0.1, 0.15) is 17.3 Å². The van der Waals surface area contributed by atoms with Crippen molar-refractivity contribution in [1.29, 1.82) is 0 Å². The number of hydrogen-bond donors (Lipinski definition) is 2. The summed E-state index contributed by atoms with van der Waals surface area (Å²) in [4.78, 5) is 17.5. The lowest BCUT2D eigenvalue weighted by Crippen LogP contribution is -2.29. The minimum absolute atomic E-state index is 0.151. The lowest BCUT2D eigenvalue weighted by atomic mass is 9.99. The molecule has 0 unspecified atom stereocenters. The van der Waals surface area contributed by atoms with Crippen molar-refractivity contribution in [2.24, 2.45) is 4.99 Å². The molecule has 3 aromatic rings. The van der Waals surface area contributed by atoms with Gasteiger partial charge in [-0.25, -0.2) is 4.99 Å². The van der Waals surface area contributed by atoms with Gasteiger partial charge in [0.15, 0.2) is 0 Å². The first kappa shape index (κ1) is 21.4. The fourth-order valence-electron chi connectivity index (χ4n) is 3.77. The van der Waals surface area contributed by atoms with Crippen LogP contribution in [0.5, 0.6) is 11.5 Å². The molecule has 4 rings (SSSR count). The average molecular weight is 427 g/mol. The van der Waals surface area contributed by atoms with Gasteiger partial charge in [-0.15, -0.1) is 0 Å². The summed E-state index contributed by atoms with van der Waals surface area (Å²) in [7, 11) is 1.65. The molecule has 0 saturated carbocycles. The number of ether oxygens (including phenoxy) is 1. The number of nitrogens with zero attached hydrogens (tertiary/aromatic N) is 1. The van der Waals surface area contributed by atoms with E-state index in [0.29, 0.717) is 30.7 Å². The summed E-state index contributed by atoms with van der Waals surface area (Å²) in [5, 5.41) is 12.6. The summed E-state index contributed by atoms with van der Waals surface area (Å²) in [6.45, 7) is 1.97. The van der Waals surface area contributed by atoms with Gasteiger partial charge in [0, 0.05) is 24.1 Å². The highest BCUT2D eigenvalue weighted by Crippen LogP contribution is 2.27. The van der Waals surface area contributed by atoms with Crippen LogP contribution < -0.4 is 10.1 Å². The molecule has 2 N–H and O–H groups in total. The molecule has 0 saturated heterocycles. The van der Waals surface area contributed by atoms with Crippen LogP contribution in [0, 0.1) is 6.92 Å². The molecule has 1 heterocycles. The van der Waals surface area contributed by atoms with E-state index in [1.807, 2.05) is 61.5 Å². The summed E-state index contributed by atoms with van der Waals surface area (Å²) in [5.41, 5.74) is 5.99. The Kier molecular flexibility index (Phi) is 6.36. The van der Waals surface area contributed by atoms with Gasteiger partial charge in [-0.1, -0.05) is 42.0 Å². The SMILES string of the molecule is COc1ccc(CC2=C(Cc3ccc(O)cc3)CC(NC(=O)c3cccc(C)c3)=N2)cc1. The third-order valence-corrected chi connectivity index (χ3v) is 5.48. The third kappa shape index (κ3) is 5.24. The first-order valence-electron chi connectivity index (χ1n) is 10.6. The van der Waals surface area contributed by atoms with Gasteiger partial charge in [0.05, 0.1) is 7.11 Å². The average Bonchev–Trinajstić information content (AvgIpc) is 3.16. The topological polar surface area (TPSA) is 70.9 Å². The van der Waals surface area contributed by atoms with Gasteiger partial charge in [-0.05, 0) is 66.4 Å². The number of aryl methyl sites for hydroxylation is 1. The van der Waals surface area contributed by atoms with Crippen LogP contribution in [0.2, 0.25) is 0 Å². The number of nitrogens with one attached hydrogen (secondary N) is 1. The molecule has 0 spiro atoms. The van der Waals surface area contributed by atoms with E-state index in [2.05, 4.69) is 5.32 Å². The monoisotopic (exact) mass is 426 g/mol. The fourth-order valence-corrected chi connectivity index (χ4v) is 3.77. The Morgan fingerprint density at radius 3 is 2.38 bits per heavy atom. The molecular weight excluding hydrogens is 400 g/mol. The van der Waals surface area contributed by atoms with Gasteiger partial charge in [0.25, 0.3) is 5.91 Å². The third-order valence-electron chi connectivity index (χ3n) is 5.48. The van der Waals surface area contributed by atoms with Crippen LogP contribution in [0.25, 0.3) is 0 Å². The van der Waals surface area contributed by atoms with Crippen LogP contribution in [0.3, 0.4) is 0 Å². The van der Waals surface area contributed by atoms with E-state index < -0.39 is 0 Å². The Morgan fingerprint density at radius 1 is 1.00 bits per heavy atom. The Morgan fingerprint density at radius 2 is 1.69 bits per heavy atom. The van der Waals surface area contributed by atoms with Crippen LogP contribution in [0.1, 0.15) is 33.5 Å². The van der Waals surface area contributed by atoms with Crippen molar-refractivity contribution in [2.45, 2.75) is 26.2 Å². The summed E-state index contributed by atoms with van der Waals surface area (Å²) in [6.07, 6.45) is 1.96. The molecule has 3 aromatic carbocycles. The maximum atomic E-state index is 12.7. The number of carbonyl (C=O) groups is 1. The van der Waals surface area contributed by atoms with Crippen LogP contribution >= 0.6 is 0 Å². The van der Waals surface area contributed by atoms with E-state index in [9.17, 15) is 9.90 Å². The van der Waals surface area contributed by atoms with Crippen LogP contribution in [-0.4, -0.2) is 24.0 Å². The van der Waals surface area contributed by atoms with Crippen molar-refractivity contribution in [3.63, 3.8) is 0 Å². The lowest BCUT2D eigenvalue weighted by Gasteiger charge is -2.08. The minimum Gasteiger partial charge on any atom is -0.508 e. The standard InChI is InChI=1S/C27H26N2O3/c1-18-4-3-5-21(14-18)27(31)29-26-17-22(15-19-6-10-23(30)11-7-19)25(28-26)16-20-8-12-24(32-2)13-9-20/h3-14,30H,15-17H2,1-2H3,(H,28,29,31). The number of amidine groups is 1. The molecule has 0 fully saturated rings. The number of phenols is 1.